The number of carbonyl (C=O) groups excluding carboxylic acids is 1. The number of para-hydroxylation sites is 2. The second-order valence-corrected chi connectivity index (χ2v) is 7.55. The highest BCUT2D eigenvalue weighted by Crippen LogP contribution is 2.32. The van der Waals surface area contributed by atoms with Crippen molar-refractivity contribution < 1.29 is 9.18 Å². The molecule has 3 aromatic rings. The van der Waals surface area contributed by atoms with Crippen LogP contribution in [0.1, 0.15) is 31.1 Å². The van der Waals surface area contributed by atoms with Gasteiger partial charge in [0.05, 0.1) is 17.1 Å². The van der Waals surface area contributed by atoms with E-state index in [9.17, 15) is 9.18 Å². The molecule has 0 bridgehead atoms. The molecule has 1 atom stereocenters. The number of nitrogens with one attached hydrogen (secondary N) is 1. The van der Waals surface area contributed by atoms with Gasteiger partial charge in [-0.25, -0.2) is 9.37 Å². The first kappa shape index (κ1) is 17.1. The van der Waals surface area contributed by atoms with E-state index in [0.717, 1.165) is 36.2 Å². The van der Waals surface area contributed by atoms with Gasteiger partial charge in [-0.05, 0) is 37.1 Å². The molecule has 4 nitrogen and oxygen atoms in total. The molecule has 4 rings (SSSR count). The molecular formula is C20H20FN3OS. The van der Waals surface area contributed by atoms with E-state index in [1.807, 2.05) is 35.2 Å². The Balaban J connectivity index is 1.41. The van der Waals surface area contributed by atoms with E-state index in [0.29, 0.717) is 17.1 Å². The monoisotopic (exact) mass is 369 g/mol. The lowest BCUT2D eigenvalue weighted by Gasteiger charge is -2.23. The number of carbonyl (C=O) groups is 1. The number of aromatic nitrogens is 2. The van der Waals surface area contributed by atoms with Gasteiger partial charge in [-0.1, -0.05) is 24.3 Å². The Bertz CT molecular complexity index is 893. The van der Waals surface area contributed by atoms with Crippen LogP contribution in [0.2, 0.25) is 0 Å². The number of rotatable bonds is 5. The van der Waals surface area contributed by atoms with Gasteiger partial charge in [0.25, 0.3) is 0 Å². The van der Waals surface area contributed by atoms with Gasteiger partial charge >= 0.3 is 0 Å². The zero-order chi connectivity index (χ0) is 17.9. The molecule has 0 unspecified atom stereocenters. The molecule has 134 valence electrons. The van der Waals surface area contributed by atoms with Crippen LogP contribution in [0, 0.1) is 5.82 Å². The topological polar surface area (TPSA) is 49.0 Å². The van der Waals surface area contributed by atoms with Crippen LogP contribution in [0.25, 0.3) is 11.0 Å². The number of fused-ring (bicyclic) bond motifs is 1. The number of aromatic amines is 1. The first-order valence-electron chi connectivity index (χ1n) is 8.84. The highest BCUT2D eigenvalue weighted by molar-refractivity contribution is 7.99. The molecule has 1 aliphatic heterocycles. The Labute approximate surface area is 155 Å². The fourth-order valence-electron chi connectivity index (χ4n) is 3.43. The van der Waals surface area contributed by atoms with Crippen LogP contribution in [-0.4, -0.2) is 33.1 Å². The van der Waals surface area contributed by atoms with Gasteiger partial charge in [0.15, 0.2) is 0 Å². The number of benzene rings is 2. The van der Waals surface area contributed by atoms with Crippen molar-refractivity contribution in [2.45, 2.75) is 30.2 Å². The molecule has 2 aromatic carbocycles. The molecule has 1 amide bonds. The lowest BCUT2D eigenvalue weighted by atomic mass is 10.2. The summed E-state index contributed by atoms with van der Waals surface area (Å²) in [7, 11) is 0. The van der Waals surface area contributed by atoms with Crippen molar-refractivity contribution in [2.24, 2.45) is 0 Å². The van der Waals surface area contributed by atoms with Crippen LogP contribution in [0.15, 0.2) is 53.4 Å². The molecule has 2 heterocycles. The second kappa shape index (κ2) is 7.50. The Morgan fingerprint density at radius 3 is 2.88 bits per heavy atom. The fourth-order valence-corrected chi connectivity index (χ4v) is 4.31. The standard InChI is InChI=1S/C20H20FN3OS/c21-14-6-1-4-10-18(14)26-13-11-19(25)24-12-5-9-17(24)20-22-15-7-2-3-8-16(15)23-20/h1-4,6-8,10,17H,5,9,11-13H2,(H,22,23)/t17-/m1/s1. The van der Waals surface area contributed by atoms with Crippen molar-refractivity contribution in [2.75, 3.05) is 12.3 Å². The minimum absolute atomic E-state index is 0.00774. The smallest absolute Gasteiger partial charge is 0.224 e. The van der Waals surface area contributed by atoms with Crippen LogP contribution < -0.4 is 0 Å². The van der Waals surface area contributed by atoms with Crippen LogP contribution in [0.3, 0.4) is 0 Å². The number of halogens is 1. The average molecular weight is 369 g/mol. The van der Waals surface area contributed by atoms with E-state index in [1.165, 1.54) is 17.8 Å². The normalized spacial score (nSPS) is 17.1. The van der Waals surface area contributed by atoms with E-state index in [2.05, 4.69) is 9.97 Å². The second-order valence-electron chi connectivity index (χ2n) is 6.41. The fraction of sp³-hybridized carbons (Fsp3) is 0.300. The third-order valence-corrected chi connectivity index (χ3v) is 5.76. The Morgan fingerprint density at radius 1 is 1.23 bits per heavy atom. The van der Waals surface area contributed by atoms with Crippen molar-refractivity contribution in [3.63, 3.8) is 0 Å². The molecule has 0 spiro atoms. The molecule has 0 radical (unpaired) electrons. The number of likely N-dealkylation sites (tertiary alicyclic amines) is 1. The number of thioether (sulfide) groups is 1. The Kier molecular flexibility index (Phi) is 4.93. The van der Waals surface area contributed by atoms with Crippen LogP contribution in [-0.2, 0) is 4.79 Å². The Morgan fingerprint density at radius 2 is 2.04 bits per heavy atom. The van der Waals surface area contributed by atoms with Crippen molar-refractivity contribution in [3.05, 3.63) is 60.2 Å². The quantitative estimate of drug-likeness (QED) is 0.671. The average Bonchev–Trinajstić information content (AvgIpc) is 3.29. The third-order valence-electron chi connectivity index (χ3n) is 4.71. The maximum Gasteiger partial charge on any atom is 0.224 e. The summed E-state index contributed by atoms with van der Waals surface area (Å²) in [5, 5.41) is 0. The SMILES string of the molecule is O=C(CCSc1ccccc1F)N1CCC[C@@H]1c1nc2ccccc2[nH]1. The van der Waals surface area contributed by atoms with Crippen LogP contribution in [0.4, 0.5) is 4.39 Å². The molecule has 1 saturated heterocycles. The third kappa shape index (κ3) is 3.46. The van der Waals surface area contributed by atoms with E-state index in [1.54, 1.807) is 12.1 Å². The lowest BCUT2D eigenvalue weighted by Crippen LogP contribution is -2.31. The molecular weight excluding hydrogens is 349 g/mol. The van der Waals surface area contributed by atoms with E-state index in [-0.39, 0.29) is 17.8 Å². The minimum Gasteiger partial charge on any atom is -0.340 e. The number of H-pyrrole nitrogens is 1. The highest BCUT2D eigenvalue weighted by atomic mass is 32.2. The summed E-state index contributed by atoms with van der Waals surface area (Å²) in [5.74, 6) is 1.31. The zero-order valence-electron chi connectivity index (χ0n) is 14.3. The van der Waals surface area contributed by atoms with Gasteiger partial charge in [0, 0.05) is 23.6 Å². The van der Waals surface area contributed by atoms with Crippen molar-refractivity contribution in [3.8, 4) is 0 Å². The van der Waals surface area contributed by atoms with E-state index >= 15 is 0 Å². The van der Waals surface area contributed by atoms with Gasteiger partial charge in [0.1, 0.15) is 11.6 Å². The van der Waals surface area contributed by atoms with Gasteiger partial charge in [-0.15, -0.1) is 11.8 Å². The molecule has 0 aliphatic carbocycles. The number of amides is 1. The maximum absolute atomic E-state index is 13.7. The van der Waals surface area contributed by atoms with E-state index in [4.69, 9.17) is 0 Å². The summed E-state index contributed by atoms with van der Waals surface area (Å²) in [4.78, 5) is 23.2. The summed E-state index contributed by atoms with van der Waals surface area (Å²) < 4.78 is 13.7. The summed E-state index contributed by atoms with van der Waals surface area (Å²) in [6, 6.07) is 14.6. The van der Waals surface area contributed by atoms with Gasteiger partial charge in [-0.3, -0.25) is 4.79 Å². The molecule has 1 N–H and O–H groups in total. The van der Waals surface area contributed by atoms with Crippen LogP contribution in [0.5, 0.6) is 0 Å². The predicted octanol–water partition coefficient (Wildman–Crippen LogP) is 4.55. The summed E-state index contributed by atoms with van der Waals surface area (Å²) in [6.07, 6.45) is 2.30. The highest BCUT2D eigenvalue weighted by Gasteiger charge is 2.31. The van der Waals surface area contributed by atoms with Crippen molar-refractivity contribution >= 4 is 28.7 Å². The predicted molar refractivity (Wildman–Crippen MR) is 102 cm³/mol. The largest absolute Gasteiger partial charge is 0.340 e. The molecule has 1 aliphatic rings. The molecule has 1 fully saturated rings. The maximum atomic E-state index is 13.7. The lowest BCUT2D eigenvalue weighted by molar-refractivity contribution is -0.131. The number of imidazole rings is 1. The Hall–Kier alpha value is -2.34. The van der Waals surface area contributed by atoms with Gasteiger partial charge in [-0.2, -0.15) is 0 Å². The van der Waals surface area contributed by atoms with Crippen LogP contribution >= 0.6 is 11.8 Å². The van der Waals surface area contributed by atoms with Gasteiger partial charge in [0.2, 0.25) is 5.91 Å². The van der Waals surface area contributed by atoms with Gasteiger partial charge < -0.3 is 9.88 Å². The molecule has 26 heavy (non-hydrogen) atoms. The molecule has 1 aromatic heterocycles. The zero-order valence-corrected chi connectivity index (χ0v) is 15.1. The number of nitrogens with zero attached hydrogens (tertiary/aromatic N) is 2. The summed E-state index contributed by atoms with van der Waals surface area (Å²) in [6.45, 7) is 0.755. The van der Waals surface area contributed by atoms with E-state index < -0.39 is 0 Å². The molecule has 0 saturated carbocycles. The summed E-state index contributed by atoms with van der Waals surface area (Å²) >= 11 is 1.39. The van der Waals surface area contributed by atoms with Crippen molar-refractivity contribution in [1.82, 2.24) is 14.9 Å². The van der Waals surface area contributed by atoms with Crippen molar-refractivity contribution in [1.29, 1.82) is 0 Å². The number of hydrogen-bond acceptors (Lipinski definition) is 3. The first-order chi connectivity index (χ1) is 12.7. The summed E-state index contributed by atoms with van der Waals surface area (Å²) in [5.41, 5.74) is 1.92. The molecule has 6 heteroatoms. The first-order valence-corrected chi connectivity index (χ1v) is 9.82. The minimum atomic E-state index is -0.230. The number of hydrogen-bond donors (Lipinski definition) is 1.